The van der Waals surface area contributed by atoms with E-state index in [9.17, 15) is 8.42 Å². The molecule has 7 heteroatoms. The van der Waals surface area contributed by atoms with Gasteiger partial charge in [-0.25, -0.2) is 8.42 Å². The van der Waals surface area contributed by atoms with Crippen molar-refractivity contribution in [3.8, 4) is 0 Å². The lowest BCUT2D eigenvalue weighted by Gasteiger charge is -2.36. The molecule has 1 aliphatic heterocycles. The second-order valence-electron chi connectivity index (χ2n) is 6.08. The molecule has 0 unspecified atom stereocenters. The predicted octanol–water partition coefficient (Wildman–Crippen LogP) is 2.78. The summed E-state index contributed by atoms with van der Waals surface area (Å²) < 4.78 is 26.9. The maximum Gasteiger partial charge on any atom is 0.244 e. The first kappa shape index (κ1) is 16.7. The van der Waals surface area contributed by atoms with E-state index in [4.69, 9.17) is 29.6 Å². The lowest BCUT2D eigenvalue weighted by Crippen LogP contribution is -2.41. The Hall–Kier alpha value is -0.690. The molecule has 1 saturated heterocycles. The molecule has 0 saturated carbocycles. The van der Waals surface area contributed by atoms with E-state index in [1.807, 2.05) is 0 Å². The quantitative estimate of drug-likeness (QED) is 0.855. The first-order valence-electron chi connectivity index (χ1n) is 6.73. The minimum Gasteiger partial charge on any atom is -0.389 e. The predicted molar refractivity (Wildman–Crippen MR) is 89.1 cm³/mol. The van der Waals surface area contributed by atoms with Gasteiger partial charge in [0, 0.05) is 18.7 Å². The molecular weight excluding hydrogens is 328 g/mol. The Labute approximate surface area is 136 Å². The van der Waals surface area contributed by atoms with Crippen LogP contribution in [0.2, 0.25) is 5.02 Å². The van der Waals surface area contributed by atoms with Gasteiger partial charge in [-0.15, -0.1) is 0 Å². The van der Waals surface area contributed by atoms with Crippen LogP contribution in [-0.4, -0.2) is 30.8 Å². The van der Waals surface area contributed by atoms with E-state index in [1.165, 1.54) is 16.4 Å². The topological polar surface area (TPSA) is 63.4 Å². The molecular formula is C14H19ClN2O2S2. The number of nitrogens with two attached hydrogens (primary N) is 1. The van der Waals surface area contributed by atoms with Gasteiger partial charge >= 0.3 is 0 Å². The summed E-state index contributed by atoms with van der Waals surface area (Å²) in [4.78, 5) is 0.310. The highest BCUT2D eigenvalue weighted by Gasteiger charge is 2.33. The van der Waals surface area contributed by atoms with Gasteiger partial charge in [-0.1, -0.05) is 43.7 Å². The summed E-state index contributed by atoms with van der Waals surface area (Å²) in [7, 11) is -3.57. The van der Waals surface area contributed by atoms with Crippen LogP contribution in [0.25, 0.3) is 0 Å². The number of benzene rings is 1. The molecule has 0 aliphatic carbocycles. The fourth-order valence-corrected chi connectivity index (χ4v) is 4.42. The van der Waals surface area contributed by atoms with Crippen molar-refractivity contribution < 1.29 is 8.42 Å². The van der Waals surface area contributed by atoms with Crippen LogP contribution in [0.3, 0.4) is 0 Å². The van der Waals surface area contributed by atoms with Gasteiger partial charge in [0.2, 0.25) is 10.0 Å². The first-order chi connectivity index (χ1) is 9.63. The molecule has 0 amide bonds. The number of sulfonamides is 1. The third-order valence-corrected chi connectivity index (χ3v) is 6.53. The number of rotatable bonds is 3. The van der Waals surface area contributed by atoms with Gasteiger partial charge in [0.25, 0.3) is 0 Å². The van der Waals surface area contributed by atoms with E-state index in [2.05, 4.69) is 13.8 Å². The van der Waals surface area contributed by atoms with Gasteiger partial charge in [0.15, 0.2) is 0 Å². The van der Waals surface area contributed by atoms with Crippen LogP contribution >= 0.6 is 23.8 Å². The van der Waals surface area contributed by atoms with Crippen molar-refractivity contribution in [1.82, 2.24) is 4.31 Å². The zero-order valence-corrected chi connectivity index (χ0v) is 14.5. The molecule has 0 radical (unpaired) electrons. The highest BCUT2D eigenvalue weighted by atomic mass is 35.5. The van der Waals surface area contributed by atoms with Gasteiger partial charge in [-0.2, -0.15) is 4.31 Å². The average Bonchev–Trinajstić information content (AvgIpc) is 2.37. The Morgan fingerprint density at radius 3 is 2.38 bits per heavy atom. The van der Waals surface area contributed by atoms with Gasteiger partial charge in [-0.05, 0) is 30.4 Å². The van der Waals surface area contributed by atoms with Crippen LogP contribution < -0.4 is 5.73 Å². The summed E-state index contributed by atoms with van der Waals surface area (Å²) in [5.41, 5.74) is 6.28. The van der Waals surface area contributed by atoms with E-state index < -0.39 is 10.0 Å². The number of halogens is 1. The molecule has 1 aromatic carbocycles. The number of thiocarbonyl (C=S) groups is 1. The van der Waals surface area contributed by atoms with Gasteiger partial charge in [0.05, 0.1) is 5.02 Å². The van der Waals surface area contributed by atoms with E-state index in [1.54, 1.807) is 6.07 Å². The van der Waals surface area contributed by atoms with Crippen molar-refractivity contribution in [2.75, 3.05) is 13.1 Å². The Balaban J connectivity index is 2.30. The smallest absolute Gasteiger partial charge is 0.244 e. The molecule has 0 atom stereocenters. The molecule has 116 valence electrons. The molecule has 1 heterocycles. The second kappa shape index (κ2) is 5.83. The van der Waals surface area contributed by atoms with E-state index in [0.29, 0.717) is 18.7 Å². The highest BCUT2D eigenvalue weighted by Crippen LogP contribution is 2.34. The normalized spacial score (nSPS) is 19.4. The van der Waals surface area contributed by atoms with Gasteiger partial charge in [0.1, 0.15) is 9.88 Å². The maximum absolute atomic E-state index is 12.7. The Kier molecular flexibility index (Phi) is 4.63. The summed E-state index contributed by atoms with van der Waals surface area (Å²) in [6.45, 7) is 5.34. The van der Waals surface area contributed by atoms with Crippen LogP contribution in [0.15, 0.2) is 23.1 Å². The zero-order chi connectivity index (χ0) is 15.8. The molecule has 4 nitrogen and oxygen atoms in total. The van der Waals surface area contributed by atoms with Gasteiger partial charge < -0.3 is 5.73 Å². The molecule has 21 heavy (non-hydrogen) atoms. The van der Waals surface area contributed by atoms with Crippen LogP contribution in [0.5, 0.6) is 0 Å². The first-order valence-corrected chi connectivity index (χ1v) is 8.96. The van der Waals surface area contributed by atoms with Crippen molar-refractivity contribution in [1.29, 1.82) is 0 Å². The lowest BCUT2D eigenvalue weighted by molar-refractivity contribution is 0.196. The summed E-state index contributed by atoms with van der Waals surface area (Å²) in [6, 6.07) is 4.57. The standard InChI is InChI=1S/C14H19ClN2O2S2/c1-14(2)5-7-17(8-6-14)21(18,19)12-4-3-10(13(16)20)9-11(12)15/h3-4,9H,5-8H2,1-2H3,(H2,16,20). The van der Waals surface area contributed by atoms with Crippen LogP contribution in [-0.2, 0) is 10.0 Å². The van der Waals surface area contributed by atoms with Crippen molar-refractivity contribution in [2.45, 2.75) is 31.6 Å². The van der Waals surface area contributed by atoms with E-state index in [-0.39, 0.29) is 20.3 Å². The van der Waals surface area contributed by atoms with Crippen LogP contribution in [0, 0.1) is 5.41 Å². The molecule has 2 N–H and O–H groups in total. The molecule has 0 aromatic heterocycles. The van der Waals surface area contributed by atoms with Crippen LogP contribution in [0.1, 0.15) is 32.3 Å². The Morgan fingerprint density at radius 2 is 1.90 bits per heavy atom. The van der Waals surface area contributed by atoms with Crippen molar-refractivity contribution in [3.63, 3.8) is 0 Å². The highest BCUT2D eigenvalue weighted by molar-refractivity contribution is 7.89. The van der Waals surface area contributed by atoms with Crippen molar-refractivity contribution in [2.24, 2.45) is 11.1 Å². The number of piperidine rings is 1. The molecule has 1 fully saturated rings. The maximum atomic E-state index is 12.7. The van der Waals surface area contributed by atoms with Gasteiger partial charge in [-0.3, -0.25) is 0 Å². The molecule has 0 spiro atoms. The SMILES string of the molecule is CC1(C)CCN(S(=O)(=O)c2ccc(C(N)=S)cc2Cl)CC1. The Morgan fingerprint density at radius 1 is 1.33 bits per heavy atom. The average molecular weight is 347 g/mol. The number of nitrogens with zero attached hydrogens (tertiary/aromatic N) is 1. The van der Waals surface area contributed by atoms with Crippen LogP contribution in [0.4, 0.5) is 0 Å². The fourth-order valence-electron chi connectivity index (χ4n) is 2.33. The molecule has 0 bridgehead atoms. The third kappa shape index (κ3) is 3.56. The minimum absolute atomic E-state index is 0.115. The van der Waals surface area contributed by atoms with E-state index >= 15 is 0 Å². The van der Waals surface area contributed by atoms with E-state index in [0.717, 1.165) is 12.8 Å². The second-order valence-corrected chi connectivity index (χ2v) is 8.83. The summed E-state index contributed by atoms with van der Waals surface area (Å²) in [6.07, 6.45) is 1.68. The largest absolute Gasteiger partial charge is 0.389 e. The summed E-state index contributed by atoms with van der Waals surface area (Å²) in [5.74, 6) is 0. The number of hydrogen-bond donors (Lipinski definition) is 1. The lowest BCUT2D eigenvalue weighted by atomic mass is 9.83. The summed E-state index contributed by atoms with van der Waals surface area (Å²) in [5, 5.41) is 0.158. The zero-order valence-electron chi connectivity index (χ0n) is 12.1. The van der Waals surface area contributed by atoms with Crippen molar-refractivity contribution in [3.05, 3.63) is 28.8 Å². The Bertz CT molecular complexity index is 662. The molecule has 1 aliphatic rings. The minimum atomic E-state index is -3.57. The summed E-state index contributed by atoms with van der Waals surface area (Å²) >= 11 is 11.0. The fraction of sp³-hybridized carbons (Fsp3) is 0.500. The monoisotopic (exact) mass is 346 g/mol. The molecule has 2 rings (SSSR count). The molecule has 1 aromatic rings. The number of hydrogen-bond acceptors (Lipinski definition) is 3. The van der Waals surface area contributed by atoms with Crippen molar-refractivity contribution >= 4 is 38.8 Å². The third-order valence-electron chi connectivity index (χ3n) is 3.91.